The van der Waals surface area contributed by atoms with Crippen LogP contribution in [0.2, 0.25) is 0 Å². The number of hydrogen-bond donors (Lipinski definition) is 2. The van der Waals surface area contributed by atoms with Crippen molar-refractivity contribution < 1.29 is 9.53 Å². The van der Waals surface area contributed by atoms with Gasteiger partial charge in [-0.1, -0.05) is 6.07 Å². The summed E-state index contributed by atoms with van der Waals surface area (Å²) >= 11 is 0. The quantitative estimate of drug-likeness (QED) is 0.904. The maximum atomic E-state index is 12.3. The minimum Gasteiger partial charge on any atom is -0.480 e. The second-order valence-electron chi connectivity index (χ2n) is 4.92. The van der Waals surface area contributed by atoms with Gasteiger partial charge in [0.05, 0.1) is 7.11 Å². The van der Waals surface area contributed by atoms with Crippen LogP contribution in [0.1, 0.15) is 21.5 Å². The molecule has 2 aromatic rings. The maximum absolute atomic E-state index is 12.3. The van der Waals surface area contributed by atoms with E-state index in [1.807, 2.05) is 12.1 Å². The summed E-state index contributed by atoms with van der Waals surface area (Å²) in [5.74, 6) is 0.110. The van der Waals surface area contributed by atoms with Gasteiger partial charge < -0.3 is 15.4 Å². The number of anilines is 1. The number of fused-ring (bicyclic) bond motifs is 1. The van der Waals surface area contributed by atoms with E-state index >= 15 is 0 Å². The summed E-state index contributed by atoms with van der Waals surface area (Å²) < 4.78 is 5.11. The lowest BCUT2D eigenvalue weighted by molar-refractivity contribution is 0.102. The molecule has 0 unspecified atom stereocenters. The van der Waals surface area contributed by atoms with Crippen LogP contribution in [-0.4, -0.2) is 24.5 Å². The van der Waals surface area contributed by atoms with Gasteiger partial charge in [0, 0.05) is 18.4 Å². The Kier molecular flexibility index (Phi) is 3.83. The van der Waals surface area contributed by atoms with Crippen LogP contribution in [0, 0.1) is 0 Å². The van der Waals surface area contributed by atoms with Crippen LogP contribution in [-0.2, 0) is 13.0 Å². The van der Waals surface area contributed by atoms with E-state index in [9.17, 15) is 4.79 Å². The molecule has 0 atom stereocenters. The van der Waals surface area contributed by atoms with Crippen LogP contribution < -0.4 is 15.4 Å². The zero-order valence-corrected chi connectivity index (χ0v) is 11.8. The highest BCUT2D eigenvalue weighted by Gasteiger charge is 2.14. The van der Waals surface area contributed by atoms with E-state index in [1.54, 1.807) is 18.3 Å². The van der Waals surface area contributed by atoms with E-state index in [-0.39, 0.29) is 5.91 Å². The number of hydrogen-bond acceptors (Lipinski definition) is 4. The zero-order chi connectivity index (χ0) is 14.7. The lowest BCUT2D eigenvalue weighted by atomic mass is 10.0. The third-order valence-corrected chi connectivity index (χ3v) is 3.56. The summed E-state index contributed by atoms with van der Waals surface area (Å²) in [5.41, 5.74) is 3.78. The zero-order valence-electron chi connectivity index (χ0n) is 11.8. The van der Waals surface area contributed by atoms with Crippen LogP contribution >= 0.6 is 0 Å². The average Bonchev–Trinajstić information content (AvgIpc) is 2.54. The van der Waals surface area contributed by atoms with E-state index in [4.69, 9.17) is 4.74 Å². The smallest absolute Gasteiger partial charge is 0.261 e. The molecule has 1 aromatic heterocycles. The molecule has 21 heavy (non-hydrogen) atoms. The summed E-state index contributed by atoms with van der Waals surface area (Å²) in [6.45, 7) is 1.85. The van der Waals surface area contributed by atoms with Crippen LogP contribution in [0.5, 0.6) is 5.88 Å². The first-order chi connectivity index (χ1) is 10.3. The highest BCUT2D eigenvalue weighted by molar-refractivity contribution is 6.05. The molecule has 1 amide bonds. The van der Waals surface area contributed by atoms with Gasteiger partial charge in [-0.15, -0.1) is 0 Å². The van der Waals surface area contributed by atoms with Gasteiger partial charge >= 0.3 is 0 Å². The molecule has 1 aliphatic rings. The Bertz CT molecular complexity index is 670. The molecule has 1 aliphatic heterocycles. The van der Waals surface area contributed by atoms with E-state index < -0.39 is 0 Å². The Morgan fingerprint density at radius 2 is 2.24 bits per heavy atom. The van der Waals surface area contributed by atoms with Gasteiger partial charge in [-0.3, -0.25) is 4.79 Å². The van der Waals surface area contributed by atoms with Crippen molar-refractivity contribution in [2.24, 2.45) is 0 Å². The molecule has 0 saturated heterocycles. The maximum Gasteiger partial charge on any atom is 0.261 e. The number of benzene rings is 1. The summed E-state index contributed by atoms with van der Waals surface area (Å²) in [4.78, 5) is 16.4. The number of pyridine rings is 1. The third-order valence-electron chi connectivity index (χ3n) is 3.56. The fourth-order valence-corrected chi connectivity index (χ4v) is 2.48. The van der Waals surface area contributed by atoms with Gasteiger partial charge in [-0.05, 0) is 48.4 Å². The summed E-state index contributed by atoms with van der Waals surface area (Å²) in [6.07, 6.45) is 2.63. The largest absolute Gasteiger partial charge is 0.480 e. The van der Waals surface area contributed by atoms with Crippen molar-refractivity contribution in [1.82, 2.24) is 10.3 Å². The Labute approximate surface area is 123 Å². The Morgan fingerprint density at radius 3 is 3.10 bits per heavy atom. The minimum absolute atomic E-state index is 0.219. The predicted octanol–water partition coefficient (Wildman–Crippen LogP) is 1.99. The van der Waals surface area contributed by atoms with E-state index in [1.165, 1.54) is 18.2 Å². The molecule has 0 radical (unpaired) electrons. The summed E-state index contributed by atoms with van der Waals surface area (Å²) in [6, 6.07) is 9.44. The normalized spacial score (nSPS) is 13.4. The molecule has 0 saturated carbocycles. The fourth-order valence-electron chi connectivity index (χ4n) is 2.48. The molecule has 3 rings (SSSR count). The van der Waals surface area contributed by atoms with E-state index in [0.29, 0.717) is 11.4 Å². The van der Waals surface area contributed by atoms with Crippen LogP contribution in [0.4, 0.5) is 5.69 Å². The van der Waals surface area contributed by atoms with E-state index in [0.717, 1.165) is 25.2 Å². The first-order valence-electron chi connectivity index (χ1n) is 6.91. The molecule has 2 heterocycles. The molecule has 0 fully saturated rings. The van der Waals surface area contributed by atoms with Gasteiger partial charge in [-0.2, -0.15) is 0 Å². The number of aromatic nitrogens is 1. The lowest BCUT2D eigenvalue weighted by Crippen LogP contribution is -2.23. The number of rotatable bonds is 3. The molecule has 0 spiro atoms. The SMILES string of the molecule is COc1ncccc1C(=O)Nc1ccc2c(c1)CNCC2. The molecule has 0 aliphatic carbocycles. The number of methoxy groups -OCH3 is 1. The Hall–Kier alpha value is -2.40. The van der Waals surface area contributed by atoms with Crippen molar-refractivity contribution >= 4 is 11.6 Å². The van der Waals surface area contributed by atoms with Crippen molar-refractivity contribution in [2.75, 3.05) is 19.0 Å². The van der Waals surface area contributed by atoms with Gasteiger partial charge in [0.15, 0.2) is 0 Å². The molecule has 108 valence electrons. The first-order valence-corrected chi connectivity index (χ1v) is 6.91. The second kappa shape index (κ2) is 5.93. The number of amides is 1. The molecule has 5 nitrogen and oxygen atoms in total. The highest BCUT2D eigenvalue weighted by atomic mass is 16.5. The average molecular weight is 283 g/mol. The van der Waals surface area contributed by atoms with Crippen molar-refractivity contribution in [3.63, 3.8) is 0 Å². The first kappa shape index (κ1) is 13.6. The van der Waals surface area contributed by atoms with Crippen LogP contribution in [0.3, 0.4) is 0 Å². The number of carbonyl (C=O) groups is 1. The third kappa shape index (κ3) is 2.87. The van der Waals surface area contributed by atoms with Crippen LogP contribution in [0.15, 0.2) is 36.5 Å². The van der Waals surface area contributed by atoms with Crippen LogP contribution in [0.25, 0.3) is 0 Å². The van der Waals surface area contributed by atoms with Crippen molar-refractivity contribution in [2.45, 2.75) is 13.0 Å². The Morgan fingerprint density at radius 1 is 1.33 bits per heavy atom. The van der Waals surface area contributed by atoms with Gasteiger partial charge in [0.2, 0.25) is 5.88 Å². The monoisotopic (exact) mass is 283 g/mol. The summed E-state index contributed by atoms with van der Waals surface area (Å²) in [5, 5.41) is 6.23. The molecule has 5 heteroatoms. The second-order valence-corrected chi connectivity index (χ2v) is 4.92. The van der Waals surface area contributed by atoms with E-state index in [2.05, 4.69) is 21.7 Å². The molecule has 0 bridgehead atoms. The number of ether oxygens (including phenoxy) is 1. The fraction of sp³-hybridized carbons (Fsp3) is 0.250. The highest BCUT2D eigenvalue weighted by Crippen LogP contribution is 2.21. The standard InChI is InChI=1S/C16H17N3O2/c1-21-16-14(3-2-7-18-16)15(20)19-13-5-4-11-6-8-17-10-12(11)9-13/h2-5,7,9,17H,6,8,10H2,1H3,(H,19,20). The van der Waals surface area contributed by atoms with Crippen molar-refractivity contribution in [3.05, 3.63) is 53.2 Å². The minimum atomic E-state index is -0.219. The van der Waals surface area contributed by atoms with Crippen molar-refractivity contribution in [3.8, 4) is 5.88 Å². The predicted molar refractivity (Wildman–Crippen MR) is 80.6 cm³/mol. The molecule has 2 N–H and O–H groups in total. The number of carbonyl (C=O) groups excluding carboxylic acids is 1. The number of nitrogens with one attached hydrogen (secondary N) is 2. The molecule has 1 aromatic carbocycles. The summed E-state index contributed by atoms with van der Waals surface area (Å²) in [7, 11) is 1.50. The topological polar surface area (TPSA) is 63.2 Å². The van der Waals surface area contributed by atoms with Gasteiger partial charge in [0.1, 0.15) is 5.56 Å². The van der Waals surface area contributed by atoms with Crippen molar-refractivity contribution in [1.29, 1.82) is 0 Å². The number of nitrogens with zero attached hydrogens (tertiary/aromatic N) is 1. The van der Waals surface area contributed by atoms with Gasteiger partial charge in [0.25, 0.3) is 5.91 Å². The lowest BCUT2D eigenvalue weighted by Gasteiger charge is -2.18. The van der Waals surface area contributed by atoms with Gasteiger partial charge in [-0.25, -0.2) is 4.98 Å². The molecular formula is C16H17N3O2. The Balaban J connectivity index is 1.81. The molecular weight excluding hydrogens is 266 g/mol.